The third-order valence-electron chi connectivity index (χ3n) is 5.96. The molecule has 2 aromatic heterocycles. The lowest BCUT2D eigenvalue weighted by Crippen LogP contribution is -2.51. The molecular formula is C21H32N6O2. The Kier molecular flexibility index (Phi) is 6.12. The third kappa shape index (κ3) is 4.60. The van der Waals surface area contributed by atoms with E-state index >= 15 is 0 Å². The van der Waals surface area contributed by atoms with Crippen LogP contribution in [-0.4, -0.2) is 82.8 Å². The van der Waals surface area contributed by atoms with Gasteiger partial charge in [-0.1, -0.05) is 0 Å². The summed E-state index contributed by atoms with van der Waals surface area (Å²) < 4.78 is 7.00. The summed E-state index contributed by atoms with van der Waals surface area (Å²) in [5.41, 5.74) is 1.38. The van der Waals surface area contributed by atoms with Gasteiger partial charge in [-0.05, 0) is 44.7 Å². The van der Waals surface area contributed by atoms with Crippen molar-refractivity contribution in [2.24, 2.45) is 5.92 Å². The number of hydrogen-bond donors (Lipinski definition) is 1. The van der Waals surface area contributed by atoms with Crippen LogP contribution in [0.15, 0.2) is 18.3 Å². The van der Waals surface area contributed by atoms with E-state index in [1.54, 1.807) is 13.2 Å². The first kappa shape index (κ1) is 20.3. The van der Waals surface area contributed by atoms with Gasteiger partial charge in [-0.15, -0.1) is 10.2 Å². The van der Waals surface area contributed by atoms with Crippen molar-refractivity contribution < 1.29 is 9.53 Å². The lowest BCUT2D eigenvalue weighted by Gasteiger charge is -2.42. The molecule has 158 valence electrons. The van der Waals surface area contributed by atoms with Crippen LogP contribution in [0.25, 0.3) is 5.65 Å². The van der Waals surface area contributed by atoms with Crippen molar-refractivity contribution in [2.45, 2.75) is 38.8 Å². The summed E-state index contributed by atoms with van der Waals surface area (Å²) in [5.74, 6) is 1.68. The molecule has 0 radical (unpaired) electrons. The van der Waals surface area contributed by atoms with E-state index in [-0.39, 0.29) is 11.9 Å². The second-order valence-corrected chi connectivity index (χ2v) is 8.50. The molecule has 29 heavy (non-hydrogen) atoms. The van der Waals surface area contributed by atoms with Crippen LogP contribution in [0.3, 0.4) is 0 Å². The van der Waals surface area contributed by atoms with Crippen LogP contribution in [0.4, 0.5) is 0 Å². The molecule has 1 aliphatic carbocycles. The summed E-state index contributed by atoms with van der Waals surface area (Å²) >= 11 is 0. The van der Waals surface area contributed by atoms with Crippen LogP contribution in [0.1, 0.15) is 48.9 Å². The molecular weight excluding hydrogens is 368 g/mol. The molecule has 2 fully saturated rings. The number of carbonyl (C=O) groups excluding carboxylic acids is 1. The second-order valence-electron chi connectivity index (χ2n) is 8.50. The van der Waals surface area contributed by atoms with Crippen molar-refractivity contribution in [2.75, 3.05) is 46.4 Å². The minimum Gasteiger partial charge on any atom is -0.383 e. The molecule has 1 amide bonds. The van der Waals surface area contributed by atoms with Crippen LogP contribution in [0.2, 0.25) is 0 Å². The second kappa shape index (κ2) is 8.77. The Balaban J connectivity index is 1.59. The van der Waals surface area contributed by atoms with Gasteiger partial charge in [0.1, 0.15) is 0 Å². The van der Waals surface area contributed by atoms with Crippen LogP contribution in [0, 0.1) is 5.92 Å². The topological polar surface area (TPSA) is 75.0 Å². The van der Waals surface area contributed by atoms with E-state index < -0.39 is 0 Å². The fourth-order valence-electron chi connectivity index (χ4n) is 4.17. The van der Waals surface area contributed by atoms with Crippen LogP contribution >= 0.6 is 0 Å². The highest BCUT2D eigenvalue weighted by Crippen LogP contribution is 2.33. The zero-order chi connectivity index (χ0) is 20.4. The van der Waals surface area contributed by atoms with Gasteiger partial charge >= 0.3 is 0 Å². The number of hydrogen-bond acceptors (Lipinski definition) is 6. The monoisotopic (exact) mass is 400 g/mol. The Labute approximate surface area is 172 Å². The largest absolute Gasteiger partial charge is 0.383 e. The summed E-state index contributed by atoms with van der Waals surface area (Å²) in [6.45, 7) is 9.74. The first-order valence-electron chi connectivity index (χ1n) is 10.7. The van der Waals surface area contributed by atoms with Gasteiger partial charge in [0.15, 0.2) is 11.5 Å². The molecule has 0 bridgehead atoms. The predicted molar refractivity (Wildman–Crippen MR) is 111 cm³/mol. The average Bonchev–Trinajstić information content (AvgIpc) is 3.43. The minimum absolute atomic E-state index is 0.108. The molecule has 0 spiro atoms. The summed E-state index contributed by atoms with van der Waals surface area (Å²) in [7, 11) is 1.62. The van der Waals surface area contributed by atoms with Gasteiger partial charge in [0.25, 0.3) is 5.91 Å². The van der Waals surface area contributed by atoms with Crippen LogP contribution < -0.4 is 5.32 Å². The molecule has 8 nitrogen and oxygen atoms in total. The molecule has 1 N–H and O–H groups in total. The maximum Gasteiger partial charge on any atom is 0.252 e. The highest BCUT2D eigenvalue weighted by Gasteiger charge is 2.35. The Morgan fingerprint density at radius 2 is 2.10 bits per heavy atom. The van der Waals surface area contributed by atoms with Crippen LogP contribution in [0.5, 0.6) is 0 Å². The zero-order valence-electron chi connectivity index (χ0n) is 17.7. The van der Waals surface area contributed by atoms with Gasteiger partial charge in [0.2, 0.25) is 0 Å². The quantitative estimate of drug-likeness (QED) is 0.678. The molecule has 1 saturated carbocycles. The lowest BCUT2D eigenvalue weighted by molar-refractivity contribution is 0.0437. The van der Waals surface area contributed by atoms with Gasteiger partial charge in [-0.2, -0.15) is 0 Å². The van der Waals surface area contributed by atoms with Gasteiger partial charge in [0.05, 0.1) is 18.2 Å². The minimum atomic E-state index is -0.108. The molecule has 1 atom stereocenters. The van der Waals surface area contributed by atoms with Crippen molar-refractivity contribution in [1.82, 2.24) is 29.7 Å². The maximum atomic E-state index is 12.5. The van der Waals surface area contributed by atoms with Gasteiger partial charge in [0, 0.05) is 52.1 Å². The van der Waals surface area contributed by atoms with E-state index in [4.69, 9.17) is 4.74 Å². The number of nitrogens with zero attached hydrogens (tertiary/aromatic N) is 5. The molecule has 2 aromatic rings. The Morgan fingerprint density at radius 3 is 2.83 bits per heavy atom. The van der Waals surface area contributed by atoms with Gasteiger partial charge in [-0.3, -0.25) is 19.0 Å². The number of rotatable bonds is 8. The number of pyridine rings is 1. The average molecular weight is 401 g/mol. The summed E-state index contributed by atoms with van der Waals surface area (Å²) in [6.07, 6.45) is 4.60. The molecule has 1 aliphatic heterocycles. The summed E-state index contributed by atoms with van der Waals surface area (Å²) in [4.78, 5) is 17.6. The normalized spacial score (nSPS) is 21.2. The standard InChI is InChI=1S/C21H32N6O2/c1-15(2)26-10-9-25(12-16-4-5-16)14-18(26)20-24-23-19-7-6-17(13-27(19)20)21(28)22-8-11-29-3/h6-7,13,15-16,18H,4-5,8-12,14H2,1-3H3,(H,22,28). The molecule has 0 aromatic carbocycles. The van der Waals surface area contributed by atoms with Crippen LogP contribution in [-0.2, 0) is 4.74 Å². The van der Waals surface area contributed by atoms with Crippen molar-refractivity contribution in [3.8, 4) is 0 Å². The van der Waals surface area contributed by atoms with E-state index in [1.165, 1.54) is 19.4 Å². The highest BCUT2D eigenvalue weighted by atomic mass is 16.5. The predicted octanol–water partition coefficient (Wildman–Crippen LogP) is 1.58. The fourth-order valence-corrected chi connectivity index (χ4v) is 4.17. The van der Waals surface area contributed by atoms with Gasteiger partial charge < -0.3 is 10.1 Å². The first-order chi connectivity index (χ1) is 14.1. The lowest BCUT2D eigenvalue weighted by atomic mass is 10.1. The van der Waals surface area contributed by atoms with E-state index in [1.807, 2.05) is 16.7 Å². The Morgan fingerprint density at radius 1 is 1.28 bits per heavy atom. The number of piperazine rings is 1. The Bertz CT molecular complexity index is 847. The SMILES string of the molecule is COCCNC(=O)c1ccc2nnc(C3CN(CC4CC4)CCN3C(C)C)n2c1. The van der Waals surface area contributed by atoms with Crippen molar-refractivity contribution >= 4 is 11.6 Å². The molecule has 2 aliphatic rings. The summed E-state index contributed by atoms with van der Waals surface area (Å²) in [6, 6.07) is 4.27. The number of aromatic nitrogens is 3. The number of carbonyl (C=O) groups is 1. The van der Waals surface area contributed by atoms with E-state index in [0.29, 0.717) is 24.8 Å². The number of fused-ring (bicyclic) bond motifs is 1. The Hall–Kier alpha value is -2.03. The van der Waals surface area contributed by atoms with Gasteiger partial charge in [-0.25, -0.2) is 0 Å². The maximum absolute atomic E-state index is 12.5. The first-order valence-corrected chi connectivity index (χ1v) is 10.7. The molecule has 3 heterocycles. The number of ether oxygens (including phenoxy) is 1. The number of nitrogens with one attached hydrogen (secondary N) is 1. The number of amides is 1. The van der Waals surface area contributed by atoms with E-state index in [0.717, 1.165) is 37.0 Å². The molecule has 8 heteroatoms. The van der Waals surface area contributed by atoms with Crippen molar-refractivity contribution in [1.29, 1.82) is 0 Å². The van der Waals surface area contributed by atoms with E-state index in [2.05, 4.69) is 39.2 Å². The smallest absolute Gasteiger partial charge is 0.252 e. The third-order valence-corrected chi connectivity index (χ3v) is 5.96. The molecule has 4 rings (SSSR count). The fraction of sp³-hybridized carbons (Fsp3) is 0.667. The van der Waals surface area contributed by atoms with Crippen molar-refractivity contribution in [3.05, 3.63) is 29.7 Å². The van der Waals surface area contributed by atoms with Crippen molar-refractivity contribution in [3.63, 3.8) is 0 Å². The summed E-state index contributed by atoms with van der Waals surface area (Å²) in [5, 5.41) is 11.8. The molecule has 1 unspecified atom stereocenters. The molecule has 1 saturated heterocycles. The highest BCUT2D eigenvalue weighted by molar-refractivity contribution is 5.94. The van der Waals surface area contributed by atoms with E-state index in [9.17, 15) is 4.79 Å². The number of methoxy groups -OCH3 is 1. The zero-order valence-corrected chi connectivity index (χ0v) is 17.7.